The highest BCUT2D eigenvalue weighted by Gasteiger charge is 2.47. The first-order chi connectivity index (χ1) is 42.0. The maximum Gasteiger partial charge on any atom is 0.351 e. The van der Waals surface area contributed by atoms with Crippen LogP contribution in [0.2, 0.25) is 0 Å². The fourth-order valence-electron chi connectivity index (χ4n) is 10.1. The van der Waals surface area contributed by atoms with Crippen molar-refractivity contribution >= 4 is 44.6 Å². The molecule has 2 aliphatic heterocycles. The number of aromatic nitrogens is 4. The third kappa shape index (κ3) is 17.1. The molecule has 4 aromatic carbocycles. The van der Waals surface area contributed by atoms with Crippen molar-refractivity contribution in [2.24, 2.45) is 5.92 Å². The maximum atomic E-state index is 14.0. The fourth-order valence-corrected chi connectivity index (χ4v) is 14.0. The van der Waals surface area contributed by atoms with Crippen molar-refractivity contribution in [3.05, 3.63) is 177 Å². The van der Waals surface area contributed by atoms with Crippen molar-refractivity contribution < 1.29 is 51.1 Å². The minimum absolute atomic E-state index is 0.0351. The zero-order valence-corrected chi connectivity index (χ0v) is 52.6. The van der Waals surface area contributed by atoms with Gasteiger partial charge in [0.25, 0.3) is 14.4 Å². The Balaban J connectivity index is 1.15. The predicted molar refractivity (Wildman–Crippen MR) is 331 cm³/mol. The van der Waals surface area contributed by atoms with Gasteiger partial charge in [0.2, 0.25) is 0 Å². The normalized spacial score (nSPS) is 19.6. The van der Waals surface area contributed by atoms with Gasteiger partial charge >= 0.3 is 18.1 Å². The van der Waals surface area contributed by atoms with Crippen molar-refractivity contribution in [2.45, 2.75) is 122 Å². The van der Waals surface area contributed by atoms with Crippen molar-refractivity contribution in [2.75, 3.05) is 57.8 Å². The van der Waals surface area contributed by atoms with Gasteiger partial charge in [0.1, 0.15) is 53.4 Å². The van der Waals surface area contributed by atoms with Gasteiger partial charge in [0.05, 0.1) is 77.8 Å². The summed E-state index contributed by atoms with van der Waals surface area (Å²) in [5.74, 6) is 1.56. The van der Waals surface area contributed by atoms with Crippen molar-refractivity contribution in [1.82, 2.24) is 23.8 Å². The second-order valence-corrected chi connectivity index (χ2v) is 25.8. The largest absolute Gasteiger partial charge is 0.497 e. The van der Waals surface area contributed by atoms with Gasteiger partial charge in [-0.1, -0.05) is 86.6 Å². The molecule has 8 rings (SSSR count). The monoisotopic (exact) mass is 1250 g/mol. The smallest absolute Gasteiger partial charge is 0.351 e. The number of anilines is 2. The molecule has 1 amide bonds. The van der Waals surface area contributed by atoms with Crippen LogP contribution in [0.15, 0.2) is 143 Å². The number of ether oxygens (including phenoxy) is 5. The van der Waals surface area contributed by atoms with Gasteiger partial charge in [-0.15, -0.1) is 0 Å². The summed E-state index contributed by atoms with van der Waals surface area (Å²) in [6.07, 6.45) is -2.45. The minimum Gasteiger partial charge on any atom is -0.497 e. The zero-order valence-electron chi connectivity index (χ0n) is 50.0. The van der Waals surface area contributed by atoms with E-state index >= 15 is 0 Å². The SMILES string of the molecule is COc1ccc(C(OC[C@H]2O[C@@H](n3ccc(NCC(C)C)nc3=O)C[C@@H]2OP(=S)(OCCC#N)OC[C@H]2O[C@@H](n3ccc(NC(=O)c4ccccc4)nc3=O)C[C@@H]2OP(OCCC#N)N(C(C)C)C(C)C)(c2ccccc2)c2ccc(OC)cc2)cc1. The number of nitrogens with zero attached hydrogens (tertiary/aromatic N) is 7. The van der Waals surface area contributed by atoms with E-state index in [2.05, 4.69) is 51.3 Å². The van der Waals surface area contributed by atoms with E-state index in [4.69, 9.17) is 58.1 Å². The molecule has 0 spiro atoms. The number of hydrogen-bond acceptors (Lipinski definition) is 20. The van der Waals surface area contributed by atoms with Crippen LogP contribution in [0.5, 0.6) is 11.5 Å². The number of hydrogen-bond donors (Lipinski definition) is 2. The van der Waals surface area contributed by atoms with Crippen LogP contribution in [0.3, 0.4) is 0 Å². The molecule has 0 aliphatic carbocycles. The van der Waals surface area contributed by atoms with E-state index < -0.39 is 75.0 Å². The molecule has 2 N–H and O–H groups in total. The van der Waals surface area contributed by atoms with E-state index in [1.54, 1.807) is 56.8 Å². The molecule has 25 heteroatoms. The highest BCUT2D eigenvalue weighted by Crippen LogP contribution is 2.56. The van der Waals surface area contributed by atoms with Crippen LogP contribution >= 0.6 is 15.2 Å². The van der Waals surface area contributed by atoms with Gasteiger partial charge in [0, 0.05) is 49.4 Å². The number of rotatable bonds is 31. The highest BCUT2D eigenvalue weighted by molar-refractivity contribution is 8.07. The Bertz CT molecular complexity index is 3390. The first kappa shape index (κ1) is 66.2. The molecular formula is C62H75N9O13P2S. The van der Waals surface area contributed by atoms with Crippen molar-refractivity contribution in [1.29, 1.82) is 10.5 Å². The van der Waals surface area contributed by atoms with Gasteiger partial charge in [-0.2, -0.15) is 20.5 Å². The molecule has 2 unspecified atom stereocenters. The molecule has 87 heavy (non-hydrogen) atoms. The van der Waals surface area contributed by atoms with E-state index in [9.17, 15) is 24.9 Å². The summed E-state index contributed by atoms with van der Waals surface area (Å²) in [5, 5.41) is 25.2. The molecule has 6 aromatic rings. The third-order valence-electron chi connectivity index (χ3n) is 14.3. The van der Waals surface area contributed by atoms with Gasteiger partial charge in [-0.05, 0) is 111 Å². The Kier molecular flexibility index (Phi) is 23.9. The Morgan fingerprint density at radius 1 is 0.713 bits per heavy atom. The molecule has 4 heterocycles. The third-order valence-corrected chi connectivity index (χ3v) is 18.8. The first-order valence-corrected chi connectivity index (χ1v) is 32.4. The van der Waals surface area contributed by atoms with Crippen LogP contribution in [0, 0.1) is 28.6 Å². The molecule has 462 valence electrons. The topological polar surface area (TPSA) is 254 Å². The Morgan fingerprint density at radius 3 is 1.77 bits per heavy atom. The van der Waals surface area contributed by atoms with Crippen LogP contribution in [0.1, 0.15) is 107 Å². The van der Waals surface area contributed by atoms with Crippen LogP contribution in [0.4, 0.5) is 11.6 Å². The fraction of sp³-hybridized carbons (Fsp3) is 0.435. The molecule has 2 aliphatic rings. The Labute approximate surface area is 513 Å². The number of benzene rings is 4. The second kappa shape index (κ2) is 31.4. The summed E-state index contributed by atoms with van der Waals surface area (Å²) in [6.45, 7) is 8.18. The van der Waals surface area contributed by atoms with Gasteiger partial charge in [-0.3, -0.25) is 13.9 Å². The van der Waals surface area contributed by atoms with E-state index in [-0.39, 0.29) is 70.0 Å². The van der Waals surface area contributed by atoms with E-state index in [1.807, 2.05) is 107 Å². The van der Waals surface area contributed by atoms with E-state index in [0.717, 1.165) is 16.7 Å². The number of amides is 1. The minimum atomic E-state index is -4.00. The Morgan fingerprint density at radius 2 is 1.23 bits per heavy atom. The molecule has 22 nitrogen and oxygen atoms in total. The lowest BCUT2D eigenvalue weighted by Gasteiger charge is -2.38. The molecule has 2 aromatic heterocycles. The molecule has 0 radical (unpaired) electrons. The van der Waals surface area contributed by atoms with Crippen LogP contribution < -0.4 is 31.5 Å². The number of nitrogens with one attached hydrogen (secondary N) is 2. The number of methoxy groups -OCH3 is 2. The van der Waals surface area contributed by atoms with E-state index in [0.29, 0.717) is 35.3 Å². The summed E-state index contributed by atoms with van der Waals surface area (Å²) < 4.78 is 70.1. The van der Waals surface area contributed by atoms with Crippen LogP contribution in [0.25, 0.3) is 0 Å². The average molecular weight is 1250 g/mol. The lowest BCUT2D eigenvalue weighted by molar-refractivity contribution is -0.0940. The highest BCUT2D eigenvalue weighted by atomic mass is 32.5. The van der Waals surface area contributed by atoms with Gasteiger partial charge in [-0.25, -0.2) is 14.3 Å². The van der Waals surface area contributed by atoms with Crippen molar-refractivity contribution in [3.63, 3.8) is 0 Å². The molecule has 8 atom stereocenters. The molecule has 0 bridgehead atoms. The summed E-state index contributed by atoms with van der Waals surface area (Å²) in [7, 11) is 1.34. The predicted octanol–water partition coefficient (Wildman–Crippen LogP) is 10.6. The van der Waals surface area contributed by atoms with Crippen LogP contribution in [-0.4, -0.2) is 113 Å². The van der Waals surface area contributed by atoms with Crippen LogP contribution in [-0.2, 0) is 54.2 Å². The summed E-state index contributed by atoms with van der Waals surface area (Å²) in [4.78, 5) is 49.5. The molecular weight excluding hydrogens is 1170 g/mol. The van der Waals surface area contributed by atoms with E-state index in [1.165, 1.54) is 21.4 Å². The second-order valence-electron chi connectivity index (χ2n) is 21.5. The maximum absolute atomic E-state index is 14.0. The summed E-state index contributed by atoms with van der Waals surface area (Å²) in [5.41, 5.74) is 0.0846. The zero-order chi connectivity index (χ0) is 62.1. The number of carbonyl (C=O) groups excluding carboxylic acids is 1. The number of carbonyl (C=O) groups is 1. The quantitative estimate of drug-likeness (QED) is 0.0233. The van der Waals surface area contributed by atoms with Gasteiger partial charge in [0.15, 0.2) is 0 Å². The van der Waals surface area contributed by atoms with Crippen molar-refractivity contribution in [3.8, 4) is 23.6 Å². The lowest BCUT2D eigenvalue weighted by Crippen LogP contribution is -2.38. The molecule has 0 saturated carbocycles. The first-order valence-electron chi connectivity index (χ1n) is 28.8. The summed E-state index contributed by atoms with van der Waals surface area (Å²) >= 11 is 6.33. The van der Waals surface area contributed by atoms with Gasteiger partial charge < -0.3 is 56.9 Å². The number of nitriles is 2. The Hall–Kier alpha value is -6.79. The molecule has 2 saturated heterocycles. The standard InChI is InChI=1S/C62H75N9O13P2S/c1-42(2)39-65-55-29-33-69(60(73)67-55)58-38-52(53(81-58)40-77-62(46-19-13-10-14-20-46,47-21-25-49(75-7)26-22-47)48-23-27-50(76-8)28-24-48)84-86(87,79-36-16-32-64)80-41-54-51(83-85(78-35-15-31-63)71(43(3)4)44(5)6)37-57(82-54)70-34-30-56(68-61(70)74)66-59(72)45-17-11-9-12-18-45/h9-14,17-30,33-34,42-44,51-54,57-58H,15-16,35-41H2,1-8H3,(H,65,67,73)(H,66,68,72,74)/t51-,52-,53+,54+,57+,58+,85?,86?/m0/s1. The lowest BCUT2D eigenvalue weighted by atomic mass is 9.80. The average Bonchev–Trinajstić information content (AvgIpc) is 1.28. The molecule has 2 fully saturated rings. The summed E-state index contributed by atoms with van der Waals surface area (Å²) in [6, 6.07) is 40.8.